The molecule has 2 aliphatic rings. The molecule has 4 aromatic rings. The molecule has 2 saturated heterocycles. The highest BCUT2D eigenvalue weighted by Gasteiger charge is 2.35. The van der Waals surface area contributed by atoms with Gasteiger partial charge >= 0.3 is 0 Å². The van der Waals surface area contributed by atoms with Crippen LogP contribution < -0.4 is 5.32 Å². The fraction of sp³-hybridized carbons (Fsp3) is 0.250. The third-order valence-electron chi connectivity index (χ3n) is 6.79. The van der Waals surface area contributed by atoms with Gasteiger partial charge in [0.2, 0.25) is 0 Å². The number of nitrogens with one attached hydrogen (secondary N) is 1. The maximum absolute atomic E-state index is 13.1. The number of hydrogen-bond acceptors (Lipinski definition) is 5. The van der Waals surface area contributed by atoms with Crippen molar-refractivity contribution in [1.29, 1.82) is 0 Å². The molecular weight excluding hydrogens is 456 g/mol. The van der Waals surface area contributed by atoms with E-state index in [0.717, 1.165) is 39.3 Å². The molecule has 6 nitrogen and oxygen atoms in total. The first-order valence-electron chi connectivity index (χ1n) is 12.0. The highest BCUT2D eigenvalue weighted by Crippen LogP contribution is 2.31. The molecule has 3 aromatic carbocycles. The first-order valence-corrected chi connectivity index (χ1v) is 12.8. The van der Waals surface area contributed by atoms with Gasteiger partial charge in [-0.25, -0.2) is 4.98 Å². The van der Waals surface area contributed by atoms with Gasteiger partial charge in [0.25, 0.3) is 11.8 Å². The van der Waals surface area contributed by atoms with Gasteiger partial charge in [-0.1, -0.05) is 48.5 Å². The average Bonchev–Trinajstić information content (AvgIpc) is 3.53. The van der Waals surface area contributed by atoms with Gasteiger partial charge in [-0.2, -0.15) is 0 Å². The van der Waals surface area contributed by atoms with Crippen molar-refractivity contribution in [3.05, 3.63) is 90.0 Å². The van der Waals surface area contributed by atoms with Crippen LogP contribution in [0.2, 0.25) is 0 Å². The van der Waals surface area contributed by atoms with Crippen LogP contribution in [0.4, 0.5) is 0 Å². The summed E-state index contributed by atoms with van der Waals surface area (Å²) in [6.45, 7) is 2.86. The normalized spacial score (nSPS) is 18.1. The SMILES string of the molecule is O=C(c1ccc2nc(-c3ccccc3)sc2c1)N1CC(N[C@H]2CCN(C(=O)c3ccccc3)C2)C1. The first kappa shape index (κ1) is 21.9. The second kappa shape index (κ2) is 9.24. The van der Waals surface area contributed by atoms with Gasteiger partial charge in [0.1, 0.15) is 5.01 Å². The van der Waals surface area contributed by atoms with E-state index in [1.165, 1.54) is 0 Å². The number of carbonyl (C=O) groups excluding carboxylic acids is 2. The number of likely N-dealkylation sites (tertiary alicyclic amines) is 2. The average molecular weight is 483 g/mol. The molecule has 3 heterocycles. The Morgan fingerprint density at radius 1 is 0.800 bits per heavy atom. The Morgan fingerprint density at radius 2 is 1.49 bits per heavy atom. The Kier molecular flexibility index (Phi) is 5.80. The molecule has 1 atom stereocenters. The lowest BCUT2D eigenvalue weighted by molar-refractivity contribution is 0.0553. The molecule has 0 saturated carbocycles. The van der Waals surface area contributed by atoms with Crippen LogP contribution in [0, 0.1) is 0 Å². The third kappa shape index (κ3) is 4.45. The monoisotopic (exact) mass is 482 g/mol. The molecule has 0 radical (unpaired) electrons. The summed E-state index contributed by atoms with van der Waals surface area (Å²) in [5.74, 6) is 0.154. The molecule has 0 spiro atoms. The Labute approximate surface area is 208 Å². The topological polar surface area (TPSA) is 65.5 Å². The first-order chi connectivity index (χ1) is 17.1. The van der Waals surface area contributed by atoms with Crippen LogP contribution >= 0.6 is 11.3 Å². The lowest BCUT2D eigenvalue weighted by atomic mass is 10.0. The summed E-state index contributed by atoms with van der Waals surface area (Å²) in [5.41, 5.74) is 3.46. The molecule has 2 amide bonds. The summed E-state index contributed by atoms with van der Waals surface area (Å²) in [5, 5.41) is 4.61. The van der Waals surface area contributed by atoms with E-state index in [4.69, 9.17) is 4.98 Å². The number of thiazole rings is 1. The summed E-state index contributed by atoms with van der Waals surface area (Å²) in [6.07, 6.45) is 0.939. The van der Waals surface area contributed by atoms with Crippen molar-refractivity contribution in [3.8, 4) is 10.6 Å². The fourth-order valence-corrected chi connectivity index (χ4v) is 5.88. The third-order valence-corrected chi connectivity index (χ3v) is 7.86. The van der Waals surface area contributed by atoms with E-state index in [1.54, 1.807) is 11.3 Å². The summed E-state index contributed by atoms with van der Waals surface area (Å²) in [6, 6.07) is 25.9. The number of nitrogens with zero attached hydrogens (tertiary/aromatic N) is 3. The van der Waals surface area contributed by atoms with Crippen LogP contribution in [0.25, 0.3) is 20.8 Å². The molecule has 2 aliphatic heterocycles. The number of rotatable bonds is 5. The summed E-state index contributed by atoms with van der Waals surface area (Å²) in [4.78, 5) is 34.3. The quantitative estimate of drug-likeness (QED) is 0.461. The molecule has 35 heavy (non-hydrogen) atoms. The van der Waals surface area contributed by atoms with E-state index in [1.807, 2.05) is 76.5 Å². The largest absolute Gasteiger partial charge is 0.337 e. The van der Waals surface area contributed by atoms with Gasteiger partial charge in [0, 0.05) is 55.0 Å². The Hall–Kier alpha value is -3.55. The fourth-order valence-electron chi connectivity index (χ4n) is 4.87. The van der Waals surface area contributed by atoms with Crippen LogP contribution in [0.3, 0.4) is 0 Å². The number of amides is 2. The molecule has 2 fully saturated rings. The van der Waals surface area contributed by atoms with Crippen LogP contribution in [-0.4, -0.2) is 64.9 Å². The Bertz CT molecular complexity index is 1370. The highest BCUT2D eigenvalue weighted by molar-refractivity contribution is 7.21. The Balaban J connectivity index is 1.04. The van der Waals surface area contributed by atoms with Crippen molar-refractivity contribution in [2.24, 2.45) is 0 Å². The second-order valence-corrected chi connectivity index (χ2v) is 10.3. The van der Waals surface area contributed by atoms with E-state index >= 15 is 0 Å². The maximum Gasteiger partial charge on any atom is 0.254 e. The zero-order chi connectivity index (χ0) is 23.8. The van der Waals surface area contributed by atoms with E-state index in [2.05, 4.69) is 17.4 Å². The summed E-state index contributed by atoms with van der Waals surface area (Å²) in [7, 11) is 0. The number of hydrogen-bond donors (Lipinski definition) is 1. The van der Waals surface area contributed by atoms with Crippen molar-refractivity contribution in [2.45, 2.75) is 18.5 Å². The number of fused-ring (bicyclic) bond motifs is 1. The van der Waals surface area contributed by atoms with Crippen molar-refractivity contribution in [2.75, 3.05) is 26.2 Å². The molecule has 1 N–H and O–H groups in total. The Morgan fingerprint density at radius 3 is 2.26 bits per heavy atom. The summed E-state index contributed by atoms with van der Waals surface area (Å²) >= 11 is 1.62. The zero-order valence-electron chi connectivity index (χ0n) is 19.3. The number of benzene rings is 3. The molecule has 0 bridgehead atoms. The lowest BCUT2D eigenvalue weighted by Crippen LogP contribution is -2.62. The number of aromatic nitrogens is 1. The molecule has 7 heteroatoms. The minimum absolute atomic E-state index is 0.0620. The molecule has 0 unspecified atom stereocenters. The van der Waals surface area contributed by atoms with Gasteiger partial charge in [-0.05, 0) is 36.8 Å². The van der Waals surface area contributed by atoms with Crippen LogP contribution in [-0.2, 0) is 0 Å². The van der Waals surface area contributed by atoms with Crippen LogP contribution in [0.15, 0.2) is 78.9 Å². The molecular formula is C28H26N4O2S. The molecule has 176 valence electrons. The van der Waals surface area contributed by atoms with Crippen molar-refractivity contribution < 1.29 is 9.59 Å². The lowest BCUT2D eigenvalue weighted by Gasteiger charge is -2.41. The second-order valence-electron chi connectivity index (χ2n) is 9.24. The van der Waals surface area contributed by atoms with Gasteiger partial charge in [0.15, 0.2) is 0 Å². The standard InChI is InChI=1S/C28H26N4O2S/c33-27(20-9-5-2-6-10-20)31-14-13-22(16-31)29-23-17-32(18-23)28(34)21-11-12-24-25(15-21)35-26(30-24)19-7-3-1-4-8-19/h1-12,15,22-23,29H,13-14,16-18H2/t22-/m0/s1. The predicted octanol–water partition coefficient (Wildman–Crippen LogP) is 4.29. The molecule has 6 rings (SSSR count). The van der Waals surface area contributed by atoms with Crippen molar-refractivity contribution >= 4 is 33.4 Å². The van der Waals surface area contributed by atoms with E-state index < -0.39 is 0 Å². The number of carbonyl (C=O) groups is 2. The minimum Gasteiger partial charge on any atom is -0.337 e. The van der Waals surface area contributed by atoms with E-state index in [-0.39, 0.29) is 23.9 Å². The van der Waals surface area contributed by atoms with Gasteiger partial charge in [-0.3, -0.25) is 9.59 Å². The predicted molar refractivity (Wildman–Crippen MR) is 139 cm³/mol. The van der Waals surface area contributed by atoms with E-state index in [9.17, 15) is 9.59 Å². The van der Waals surface area contributed by atoms with Crippen LogP contribution in [0.5, 0.6) is 0 Å². The highest BCUT2D eigenvalue weighted by atomic mass is 32.1. The smallest absolute Gasteiger partial charge is 0.254 e. The zero-order valence-corrected chi connectivity index (χ0v) is 20.1. The van der Waals surface area contributed by atoms with Gasteiger partial charge < -0.3 is 15.1 Å². The molecule has 0 aliphatic carbocycles. The minimum atomic E-state index is 0.0620. The van der Waals surface area contributed by atoms with E-state index in [0.29, 0.717) is 25.2 Å². The van der Waals surface area contributed by atoms with Crippen LogP contribution in [0.1, 0.15) is 27.1 Å². The molecule has 1 aromatic heterocycles. The maximum atomic E-state index is 13.1. The van der Waals surface area contributed by atoms with Gasteiger partial charge in [-0.15, -0.1) is 11.3 Å². The van der Waals surface area contributed by atoms with Gasteiger partial charge in [0.05, 0.1) is 10.2 Å². The van der Waals surface area contributed by atoms with Crippen molar-refractivity contribution in [3.63, 3.8) is 0 Å². The summed E-state index contributed by atoms with van der Waals surface area (Å²) < 4.78 is 1.03. The van der Waals surface area contributed by atoms with Crippen molar-refractivity contribution in [1.82, 2.24) is 20.1 Å².